The molecule has 0 amide bonds. The minimum absolute atomic E-state index is 0.367. The molecule has 3 aliphatic rings. The van der Waals surface area contributed by atoms with Crippen LogP contribution in [0.25, 0.3) is 32.3 Å². The van der Waals surface area contributed by atoms with Crippen LogP contribution in [0.4, 0.5) is 0 Å². The van der Waals surface area contributed by atoms with Gasteiger partial charge in [-0.05, 0) is 68.7 Å². The summed E-state index contributed by atoms with van der Waals surface area (Å²) >= 11 is 0. The van der Waals surface area contributed by atoms with Gasteiger partial charge in [0.1, 0.15) is 39.6 Å². The van der Waals surface area contributed by atoms with E-state index in [-0.39, 0.29) is 0 Å². The van der Waals surface area contributed by atoms with Gasteiger partial charge in [0, 0.05) is 0 Å². The van der Waals surface area contributed by atoms with E-state index in [1.165, 1.54) is 0 Å². The molecule has 0 saturated heterocycles. The molecule has 0 aromatic heterocycles. The van der Waals surface area contributed by atoms with E-state index in [0.29, 0.717) is 153 Å². The van der Waals surface area contributed by atoms with Crippen molar-refractivity contribution in [2.75, 3.05) is 119 Å². The largest absolute Gasteiger partial charge is 0.487 e. The van der Waals surface area contributed by atoms with E-state index in [1.54, 1.807) is 0 Å². The van der Waals surface area contributed by atoms with Gasteiger partial charge in [0.15, 0.2) is 34.5 Å². The van der Waals surface area contributed by atoms with Crippen molar-refractivity contribution in [1.82, 2.24) is 0 Å². The molecule has 4 aromatic carbocycles. The topological polar surface area (TPSA) is 111 Å². The number of ether oxygens (including phenoxy) is 12. The summed E-state index contributed by atoms with van der Waals surface area (Å²) in [7, 11) is 0. The maximum absolute atomic E-state index is 6.26. The summed E-state index contributed by atoms with van der Waals surface area (Å²) in [5.41, 5.74) is 0. The second-order valence-corrected chi connectivity index (χ2v) is 11.3. The number of hydrogen-bond acceptors (Lipinski definition) is 12. The van der Waals surface area contributed by atoms with Gasteiger partial charge in [0.05, 0.1) is 79.3 Å². The van der Waals surface area contributed by atoms with Crippen LogP contribution < -0.4 is 28.4 Å². The first-order valence-electron chi connectivity index (χ1n) is 16.6. The molecule has 0 bridgehead atoms. The average Bonchev–Trinajstić information content (AvgIpc) is 3.08. The minimum atomic E-state index is 0.367. The summed E-state index contributed by atoms with van der Waals surface area (Å²) in [6.45, 7) is 7.82. The number of hydrogen-bond donors (Lipinski definition) is 0. The second-order valence-electron chi connectivity index (χ2n) is 11.3. The van der Waals surface area contributed by atoms with Gasteiger partial charge in [-0.2, -0.15) is 0 Å². The monoisotopic (exact) mass is 666 g/mol. The zero-order valence-electron chi connectivity index (χ0n) is 27.1. The van der Waals surface area contributed by atoms with Crippen molar-refractivity contribution in [2.45, 2.75) is 0 Å². The van der Waals surface area contributed by atoms with Gasteiger partial charge in [-0.15, -0.1) is 0 Å². The van der Waals surface area contributed by atoms with Gasteiger partial charge < -0.3 is 56.8 Å². The first-order valence-corrected chi connectivity index (χ1v) is 16.6. The highest BCUT2D eigenvalue weighted by Gasteiger charge is 2.21. The molecule has 0 radical (unpaired) electrons. The third-order valence-corrected chi connectivity index (χ3v) is 8.15. The van der Waals surface area contributed by atoms with Crippen molar-refractivity contribution in [2.24, 2.45) is 0 Å². The Balaban J connectivity index is 1.43. The van der Waals surface area contributed by atoms with Gasteiger partial charge in [0.2, 0.25) is 0 Å². The molecule has 0 N–H and O–H groups in total. The van der Waals surface area contributed by atoms with E-state index < -0.39 is 0 Å². The van der Waals surface area contributed by atoms with Crippen molar-refractivity contribution in [3.63, 3.8) is 0 Å². The van der Waals surface area contributed by atoms with Crippen LogP contribution in [0.5, 0.6) is 34.5 Å². The molecule has 4 aromatic rings. The van der Waals surface area contributed by atoms with Crippen LogP contribution in [0.15, 0.2) is 36.4 Å². The highest BCUT2D eigenvalue weighted by molar-refractivity contribution is 6.26. The summed E-state index contributed by atoms with van der Waals surface area (Å²) in [5, 5.41) is 5.71. The van der Waals surface area contributed by atoms with Crippen LogP contribution in [-0.4, -0.2) is 119 Å². The zero-order valence-corrected chi connectivity index (χ0v) is 27.1. The highest BCUT2D eigenvalue weighted by Crippen LogP contribution is 2.47. The van der Waals surface area contributed by atoms with Crippen molar-refractivity contribution in [1.29, 1.82) is 0 Å². The summed E-state index contributed by atoms with van der Waals surface area (Å²) < 4.78 is 71.6. The molecule has 12 heteroatoms. The molecule has 0 unspecified atom stereocenters. The maximum Gasteiger partial charge on any atom is 0.161 e. The van der Waals surface area contributed by atoms with Gasteiger partial charge >= 0.3 is 0 Å². The molecule has 3 aliphatic heterocycles. The van der Waals surface area contributed by atoms with Crippen LogP contribution in [-0.2, 0) is 28.4 Å². The van der Waals surface area contributed by atoms with Crippen LogP contribution in [0.3, 0.4) is 0 Å². The van der Waals surface area contributed by atoms with E-state index >= 15 is 0 Å². The Kier molecular flexibility index (Phi) is 11.3. The Morgan fingerprint density at radius 1 is 0.208 bits per heavy atom. The smallest absolute Gasteiger partial charge is 0.161 e. The summed E-state index contributed by atoms with van der Waals surface area (Å²) in [6.07, 6.45) is 0. The van der Waals surface area contributed by atoms with Crippen molar-refractivity contribution >= 4 is 32.3 Å². The highest BCUT2D eigenvalue weighted by atomic mass is 16.6. The van der Waals surface area contributed by atoms with E-state index in [9.17, 15) is 0 Å². The first kappa shape index (κ1) is 32.8. The summed E-state index contributed by atoms with van der Waals surface area (Å²) in [6, 6.07) is 12.2. The van der Waals surface area contributed by atoms with E-state index in [0.717, 1.165) is 32.3 Å². The van der Waals surface area contributed by atoms with Crippen LogP contribution >= 0.6 is 0 Å². The molecule has 3 heterocycles. The molecular formula is C36H42O12. The van der Waals surface area contributed by atoms with E-state index in [1.807, 2.05) is 36.4 Å². The minimum Gasteiger partial charge on any atom is -0.487 e. The number of fused-ring (bicyclic) bond motifs is 9. The van der Waals surface area contributed by atoms with Crippen molar-refractivity contribution in [3.8, 4) is 34.5 Å². The first-order chi connectivity index (χ1) is 23.8. The van der Waals surface area contributed by atoms with Gasteiger partial charge in [-0.25, -0.2) is 0 Å². The molecule has 12 nitrogen and oxygen atoms in total. The summed E-state index contributed by atoms with van der Waals surface area (Å²) in [5.74, 6) is 3.70. The zero-order chi connectivity index (χ0) is 32.4. The average molecular weight is 667 g/mol. The Morgan fingerprint density at radius 3 is 0.521 bits per heavy atom. The predicted octanol–water partition coefficient (Wildman–Crippen LogP) is 4.56. The van der Waals surface area contributed by atoms with Gasteiger partial charge in [-0.1, -0.05) is 0 Å². The fourth-order valence-corrected chi connectivity index (χ4v) is 5.92. The second kappa shape index (κ2) is 16.6. The van der Waals surface area contributed by atoms with Crippen LogP contribution in [0.2, 0.25) is 0 Å². The van der Waals surface area contributed by atoms with E-state index in [2.05, 4.69) is 0 Å². The lowest BCUT2D eigenvalue weighted by molar-refractivity contribution is 0.0223. The van der Waals surface area contributed by atoms with Gasteiger partial charge in [0.25, 0.3) is 0 Å². The number of benzene rings is 4. The fraction of sp³-hybridized carbons (Fsp3) is 0.500. The molecule has 7 rings (SSSR count). The van der Waals surface area contributed by atoms with Crippen molar-refractivity contribution in [3.05, 3.63) is 36.4 Å². The van der Waals surface area contributed by atoms with Crippen molar-refractivity contribution < 1.29 is 56.8 Å². The Bertz CT molecular complexity index is 1330. The molecule has 0 fully saturated rings. The van der Waals surface area contributed by atoms with Gasteiger partial charge in [-0.3, -0.25) is 0 Å². The Morgan fingerprint density at radius 2 is 0.354 bits per heavy atom. The molecule has 258 valence electrons. The molecule has 0 saturated carbocycles. The maximum atomic E-state index is 6.26. The molecule has 0 aliphatic carbocycles. The SMILES string of the molecule is c1c2c(cc3c1c1cc4c(cc1c1cc5c(cc31)OCCOCCOCCO5)OCCOCCOCCO4)OCCOCCOCCO2. The lowest BCUT2D eigenvalue weighted by atomic mass is 9.93. The predicted molar refractivity (Wildman–Crippen MR) is 177 cm³/mol. The third-order valence-electron chi connectivity index (χ3n) is 8.15. The fourth-order valence-electron chi connectivity index (χ4n) is 5.92. The lowest BCUT2D eigenvalue weighted by Crippen LogP contribution is -2.16. The van der Waals surface area contributed by atoms with Crippen LogP contribution in [0.1, 0.15) is 0 Å². The molecule has 0 spiro atoms. The molecular weight excluding hydrogens is 624 g/mol. The van der Waals surface area contributed by atoms with Crippen LogP contribution in [0, 0.1) is 0 Å². The quantitative estimate of drug-likeness (QED) is 0.246. The molecule has 48 heavy (non-hydrogen) atoms. The number of rotatable bonds is 0. The third kappa shape index (κ3) is 7.91. The Hall–Kier alpha value is -3.78. The normalized spacial score (nSPS) is 19.5. The lowest BCUT2D eigenvalue weighted by Gasteiger charge is -2.21. The van der Waals surface area contributed by atoms with E-state index in [4.69, 9.17) is 56.8 Å². The standard InChI is InChI=1S/C36H42O12/c1-2-38-8-14-44-32-20-26-25(19-31(32)43-13-7-37-1)27-21-33-35(47-17-11-41-4-3-39-9-15-45-33)23-29(27)30-24-36-34(22-28(26)30)46-16-10-40-5-6-42-12-18-48-36/h19-24H,1-18H2. The summed E-state index contributed by atoms with van der Waals surface area (Å²) in [4.78, 5) is 0. The molecule has 0 atom stereocenters. The Labute approximate surface area is 278 Å².